The zero-order valence-corrected chi connectivity index (χ0v) is 12.9. The number of hydrogen-bond acceptors (Lipinski definition) is 4. The molecular formula is C13H7Cl3N2O4. The van der Waals surface area contributed by atoms with E-state index in [1.165, 1.54) is 24.3 Å². The van der Waals surface area contributed by atoms with Gasteiger partial charge in [-0.05, 0) is 12.1 Å². The van der Waals surface area contributed by atoms with Gasteiger partial charge in [-0.25, -0.2) is 19.6 Å². The van der Waals surface area contributed by atoms with E-state index in [0.29, 0.717) is 0 Å². The van der Waals surface area contributed by atoms with Crippen molar-refractivity contribution in [3.8, 4) is 0 Å². The van der Waals surface area contributed by atoms with E-state index in [-0.39, 0.29) is 32.8 Å². The van der Waals surface area contributed by atoms with Crippen molar-refractivity contribution in [2.75, 3.05) is 0 Å². The number of halogens is 3. The number of carbonyl (C=O) groups is 2. The Balaban J connectivity index is 2.68. The molecule has 0 fully saturated rings. The lowest BCUT2D eigenvalue weighted by Crippen LogP contribution is -2.13. The van der Waals surface area contributed by atoms with Crippen LogP contribution < -0.4 is 0 Å². The molecule has 0 saturated carbocycles. The van der Waals surface area contributed by atoms with Crippen LogP contribution in [0.1, 0.15) is 37.5 Å². The summed E-state index contributed by atoms with van der Waals surface area (Å²) < 4.78 is 0. The van der Waals surface area contributed by atoms with Crippen LogP contribution in [-0.2, 0) is 0 Å². The van der Waals surface area contributed by atoms with Crippen molar-refractivity contribution in [3.05, 3.63) is 57.1 Å². The van der Waals surface area contributed by atoms with Gasteiger partial charge in [0.25, 0.3) is 0 Å². The molecule has 0 spiro atoms. The summed E-state index contributed by atoms with van der Waals surface area (Å²) in [7, 11) is 0. The van der Waals surface area contributed by atoms with Gasteiger partial charge in [0, 0.05) is 11.6 Å². The van der Waals surface area contributed by atoms with E-state index in [4.69, 9.17) is 34.8 Å². The predicted octanol–water partition coefficient (Wildman–Crippen LogP) is 3.51. The summed E-state index contributed by atoms with van der Waals surface area (Å²) in [5.74, 6) is -2.73. The van der Waals surface area contributed by atoms with Crippen LogP contribution in [0, 0.1) is 0 Å². The number of nitrogens with zero attached hydrogens (tertiary/aromatic N) is 2. The Kier molecular flexibility index (Phi) is 4.85. The average molecular weight is 362 g/mol. The molecule has 0 radical (unpaired) electrons. The molecule has 2 rings (SSSR count). The van der Waals surface area contributed by atoms with Crippen molar-refractivity contribution >= 4 is 46.7 Å². The number of alkyl halides is 1. The zero-order chi connectivity index (χ0) is 16.4. The summed E-state index contributed by atoms with van der Waals surface area (Å²) in [6.07, 6.45) is 0. The van der Waals surface area contributed by atoms with Crippen molar-refractivity contribution < 1.29 is 19.8 Å². The van der Waals surface area contributed by atoms with E-state index in [9.17, 15) is 19.8 Å². The average Bonchev–Trinajstić information content (AvgIpc) is 2.44. The zero-order valence-electron chi connectivity index (χ0n) is 10.6. The molecule has 0 aliphatic heterocycles. The van der Waals surface area contributed by atoms with E-state index >= 15 is 0 Å². The van der Waals surface area contributed by atoms with E-state index in [1.807, 2.05) is 0 Å². The highest BCUT2D eigenvalue weighted by molar-refractivity contribution is 6.33. The third-order valence-corrected chi connectivity index (χ3v) is 3.53. The number of carboxylic acids is 2. The van der Waals surface area contributed by atoms with Crippen LogP contribution in [0.4, 0.5) is 0 Å². The van der Waals surface area contributed by atoms with Crippen molar-refractivity contribution in [1.29, 1.82) is 0 Å². The van der Waals surface area contributed by atoms with Crippen LogP contribution in [0.15, 0.2) is 24.3 Å². The molecule has 9 heteroatoms. The van der Waals surface area contributed by atoms with Gasteiger partial charge >= 0.3 is 11.9 Å². The first-order chi connectivity index (χ1) is 10.3. The molecule has 6 nitrogen and oxygen atoms in total. The lowest BCUT2D eigenvalue weighted by Gasteiger charge is -2.14. The number of aromatic nitrogens is 2. The lowest BCUT2D eigenvalue weighted by molar-refractivity contribution is 0.0695. The van der Waals surface area contributed by atoms with Gasteiger partial charge in [-0.2, -0.15) is 0 Å². The van der Waals surface area contributed by atoms with Gasteiger partial charge < -0.3 is 10.2 Å². The smallest absolute Gasteiger partial charge is 0.336 e. The SMILES string of the molecule is O=C(O)c1cccc(C(=O)O)c1C(Cl)c1nc(Cl)cc(Cl)n1. The first-order valence-electron chi connectivity index (χ1n) is 5.74. The first kappa shape index (κ1) is 16.5. The number of hydrogen-bond donors (Lipinski definition) is 2. The molecule has 0 aliphatic carbocycles. The molecule has 0 bridgehead atoms. The van der Waals surface area contributed by atoms with E-state index < -0.39 is 17.3 Å². The van der Waals surface area contributed by atoms with Crippen molar-refractivity contribution in [2.45, 2.75) is 5.38 Å². The van der Waals surface area contributed by atoms with Gasteiger partial charge in [0.05, 0.1) is 11.1 Å². The molecule has 1 aromatic carbocycles. The Morgan fingerprint density at radius 1 is 1.00 bits per heavy atom. The molecule has 1 atom stereocenters. The summed E-state index contributed by atoms with van der Waals surface area (Å²) in [4.78, 5) is 30.4. The van der Waals surface area contributed by atoms with Crippen LogP contribution >= 0.6 is 34.8 Å². The highest BCUT2D eigenvalue weighted by Crippen LogP contribution is 2.33. The molecular weight excluding hydrogens is 355 g/mol. The lowest BCUT2D eigenvalue weighted by atomic mass is 9.97. The van der Waals surface area contributed by atoms with Gasteiger partial charge in [0.2, 0.25) is 0 Å². The van der Waals surface area contributed by atoms with Gasteiger partial charge in [0.1, 0.15) is 15.7 Å². The van der Waals surface area contributed by atoms with Gasteiger partial charge in [0.15, 0.2) is 5.82 Å². The third kappa shape index (κ3) is 3.30. The molecule has 2 N–H and O–H groups in total. The Morgan fingerprint density at radius 3 is 1.86 bits per heavy atom. The maximum Gasteiger partial charge on any atom is 0.336 e. The molecule has 0 saturated heterocycles. The first-order valence-corrected chi connectivity index (χ1v) is 6.94. The highest BCUT2D eigenvalue weighted by atomic mass is 35.5. The van der Waals surface area contributed by atoms with Gasteiger partial charge in [-0.1, -0.05) is 29.3 Å². The maximum atomic E-state index is 11.3. The molecule has 2 aromatic rings. The molecule has 1 aromatic heterocycles. The second-order valence-electron chi connectivity index (χ2n) is 4.11. The summed E-state index contributed by atoms with van der Waals surface area (Å²) in [5.41, 5.74) is -0.665. The minimum absolute atomic E-state index is 0.00494. The Morgan fingerprint density at radius 2 is 1.45 bits per heavy atom. The van der Waals surface area contributed by atoms with Gasteiger partial charge in [-0.15, -0.1) is 11.6 Å². The predicted molar refractivity (Wildman–Crippen MR) is 80.1 cm³/mol. The fourth-order valence-electron chi connectivity index (χ4n) is 1.86. The minimum Gasteiger partial charge on any atom is -0.478 e. The topological polar surface area (TPSA) is 100 Å². The fraction of sp³-hybridized carbons (Fsp3) is 0.0769. The number of aromatic carboxylic acids is 2. The van der Waals surface area contributed by atoms with Crippen molar-refractivity contribution in [3.63, 3.8) is 0 Å². The van der Waals surface area contributed by atoms with Crippen molar-refractivity contribution in [1.82, 2.24) is 9.97 Å². The Hall–Kier alpha value is -1.89. The second kappa shape index (κ2) is 6.48. The fourth-order valence-corrected chi connectivity index (χ4v) is 2.63. The van der Waals surface area contributed by atoms with Crippen LogP contribution in [0.3, 0.4) is 0 Å². The largest absolute Gasteiger partial charge is 0.478 e. The number of rotatable bonds is 4. The Labute approximate surface area is 139 Å². The molecule has 0 aliphatic rings. The molecule has 22 heavy (non-hydrogen) atoms. The van der Waals surface area contributed by atoms with Crippen molar-refractivity contribution in [2.24, 2.45) is 0 Å². The standard InChI is InChI=1S/C13H7Cl3N2O4/c14-7-4-8(15)18-11(17-7)10(16)9-5(12(19)20)2-1-3-6(9)13(21)22/h1-4,10H,(H,19,20)(H,21,22). The molecule has 0 amide bonds. The second-order valence-corrected chi connectivity index (χ2v) is 5.32. The summed E-state index contributed by atoms with van der Waals surface area (Å²) in [6, 6.07) is 5.07. The molecule has 1 unspecified atom stereocenters. The van der Waals surface area contributed by atoms with Crippen LogP contribution in [0.2, 0.25) is 10.3 Å². The van der Waals surface area contributed by atoms with Gasteiger partial charge in [-0.3, -0.25) is 0 Å². The van der Waals surface area contributed by atoms with Crippen LogP contribution in [0.5, 0.6) is 0 Å². The molecule has 1 heterocycles. The highest BCUT2D eigenvalue weighted by Gasteiger charge is 2.27. The Bertz CT molecular complexity index is 714. The van der Waals surface area contributed by atoms with E-state index in [0.717, 1.165) is 0 Å². The third-order valence-electron chi connectivity index (χ3n) is 2.73. The summed E-state index contributed by atoms with van der Waals surface area (Å²) in [6.45, 7) is 0. The van der Waals surface area contributed by atoms with E-state index in [1.54, 1.807) is 0 Å². The van der Waals surface area contributed by atoms with E-state index in [2.05, 4.69) is 9.97 Å². The number of carboxylic acid groups (broad SMARTS) is 2. The maximum absolute atomic E-state index is 11.3. The van der Waals surface area contributed by atoms with Crippen LogP contribution in [-0.4, -0.2) is 32.1 Å². The minimum atomic E-state index is -1.32. The normalized spacial score (nSPS) is 12.0. The monoisotopic (exact) mass is 360 g/mol. The quantitative estimate of drug-likeness (QED) is 0.638. The summed E-state index contributed by atoms with van der Waals surface area (Å²) in [5, 5.41) is 17.2. The number of benzene rings is 1. The van der Waals surface area contributed by atoms with Crippen LogP contribution in [0.25, 0.3) is 0 Å². The molecule has 114 valence electrons. The summed E-state index contributed by atoms with van der Waals surface area (Å²) >= 11 is 17.7.